The Balaban J connectivity index is 1.81. The standard InChI is InChI=1S/C20H27N5O2/c1-14-7-5-9-16(23-14)24-18-17(21-10-11-22-18)15-8-6-12-25(13-15)19(26)20(2,3)27-4/h5,7,9-11,15H,6,8,12-13H2,1-4H3,(H,22,23,24)/t15-/m1/s1. The van der Waals surface area contributed by atoms with Crippen LogP contribution < -0.4 is 5.32 Å². The van der Waals surface area contributed by atoms with Gasteiger partial charge in [0, 0.05) is 44.2 Å². The number of rotatable bonds is 5. The van der Waals surface area contributed by atoms with Gasteiger partial charge in [-0.1, -0.05) is 6.07 Å². The fraction of sp³-hybridized carbons (Fsp3) is 0.500. The summed E-state index contributed by atoms with van der Waals surface area (Å²) >= 11 is 0. The van der Waals surface area contributed by atoms with Crippen molar-refractivity contribution in [3.05, 3.63) is 42.0 Å². The van der Waals surface area contributed by atoms with Gasteiger partial charge in [-0.2, -0.15) is 0 Å². The molecule has 2 aromatic rings. The predicted octanol–water partition coefficient (Wildman–Crippen LogP) is 3.05. The number of likely N-dealkylation sites (tertiary alicyclic amines) is 1. The van der Waals surface area contributed by atoms with Gasteiger partial charge in [-0.3, -0.25) is 9.78 Å². The highest BCUT2D eigenvalue weighted by Crippen LogP contribution is 2.31. The van der Waals surface area contributed by atoms with Crippen molar-refractivity contribution in [1.29, 1.82) is 0 Å². The molecule has 2 aromatic heterocycles. The third-order valence-corrected chi connectivity index (χ3v) is 4.98. The minimum Gasteiger partial charge on any atom is -0.369 e. The van der Waals surface area contributed by atoms with Crippen LogP contribution in [0.25, 0.3) is 0 Å². The summed E-state index contributed by atoms with van der Waals surface area (Å²) in [7, 11) is 1.57. The summed E-state index contributed by atoms with van der Waals surface area (Å²) in [4.78, 5) is 28.2. The molecule has 0 radical (unpaired) electrons. The smallest absolute Gasteiger partial charge is 0.254 e. The molecular weight excluding hydrogens is 342 g/mol. The van der Waals surface area contributed by atoms with Crippen LogP contribution in [-0.2, 0) is 9.53 Å². The molecule has 0 saturated carbocycles. The Hall–Kier alpha value is -2.54. The zero-order valence-electron chi connectivity index (χ0n) is 16.4. The van der Waals surface area contributed by atoms with E-state index in [2.05, 4.69) is 20.3 Å². The Labute approximate surface area is 160 Å². The summed E-state index contributed by atoms with van der Waals surface area (Å²) in [5, 5.41) is 3.28. The number of pyridine rings is 1. The summed E-state index contributed by atoms with van der Waals surface area (Å²) in [6.45, 7) is 6.91. The zero-order valence-corrected chi connectivity index (χ0v) is 16.4. The fourth-order valence-corrected chi connectivity index (χ4v) is 3.33. The SMILES string of the molecule is COC(C)(C)C(=O)N1CCC[C@@H](c2nccnc2Nc2cccc(C)n2)C1. The second-order valence-electron chi connectivity index (χ2n) is 7.38. The highest BCUT2D eigenvalue weighted by Gasteiger charge is 2.35. The van der Waals surface area contributed by atoms with Crippen molar-refractivity contribution in [3.63, 3.8) is 0 Å². The molecule has 7 heteroatoms. The van der Waals surface area contributed by atoms with Gasteiger partial charge in [-0.05, 0) is 45.7 Å². The molecule has 7 nitrogen and oxygen atoms in total. The number of nitrogens with zero attached hydrogens (tertiary/aromatic N) is 4. The first-order chi connectivity index (χ1) is 12.9. The molecule has 3 rings (SSSR count). The average molecular weight is 369 g/mol. The molecule has 3 heterocycles. The van der Waals surface area contributed by atoms with Crippen LogP contribution in [0.15, 0.2) is 30.6 Å². The Bertz CT molecular complexity index is 808. The fourth-order valence-electron chi connectivity index (χ4n) is 3.33. The van der Waals surface area contributed by atoms with Crippen molar-refractivity contribution in [2.45, 2.75) is 45.1 Å². The Morgan fingerprint density at radius 2 is 2.07 bits per heavy atom. The number of methoxy groups -OCH3 is 1. The van der Waals surface area contributed by atoms with Gasteiger partial charge in [0.25, 0.3) is 5.91 Å². The largest absolute Gasteiger partial charge is 0.369 e. The molecule has 1 aliphatic rings. The monoisotopic (exact) mass is 369 g/mol. The minimum absolute atomic E-state index is 0.00782. The van der Waals surface area contributed by atoms with Crippen LogP contribution in [0.2, 0.25) is 0 Å². The molecule has 27 heavy (non-hydrogen) atoms. The number of amides is 1. The van der Waals surface area contributed by atoms with Crippen LogP contribution in [0.5, 0.6) is 0 Å². The van der Waals surface area contributed by atoms with Crippen molar-refractivity contribution >= 4 is 17.5 Å². The summed E-state index contributed by atoms with van der Waals surface area (Å²) in [6, 6.07) is 5.81. The number of ether oxygens (including phenoxy) is 1. The van der Waals surface area contributed by atoms with E-state index in [0.29, 0.717) is 12.4 Å². The minimum atomic E-state index is -0.823. The van der Waals surface area contributed by atoms with Crippen molar-refractivity contribution in [3.8, 4) is 0 Å². The molecule has 0 spiro atoms. The topological polar surface area (TPSA) is 80.2 Å². The van der Waals surface area contributed by atoms with E-state index in [1.807, 2.05) is 30.0 Å². The van der Waals surface area contributed by atoms with Crippen molar-refractivity contribution < 1.29 is 9.53 Å². The number of piperidine rings is 1. The molecule has 1 fully saturated rings. The third-order valence-electron chi connectivity index (χ3n) is 4.98. The molecule has 144 valence electrons. The number of aryl methyl sites for hydroxylation is 1. The van der Waals surface area contributed by atoms with E-state index in [1.165, 1.54) is 0 Å². The molecular formula is C20H27N5O2. The number of carbonyl (C=O) groups excluding carboxylic acids is 1. The van der Waals surface area contributed by atoms with E-state index >= 15 is 0 Å². The molecule has 0 unspecified atom stereocenters. The Kier molecular flexibility index (Phi) is 5.70. The number of hydrogen-bond acceptors (Lipinski definition) is 6. The van der Waals surface area contributed by atoms with Gasteiger partial charge in [-0.15, -0.1) is 0 Å². The quantitative estimate of drug-likeness (QED) is 0.872. The van der Waals surface area contributed by atoms with Crippen molar-refractivity contribution in [2.24, 2.45) is 0 Å². The Morgan fingerprint density at radius 1 is 1.30 bits per heavy atom. The van der Waals surface area contributed by atoms with Crippen LogP contribution in [0.3, 0.4) is 0 Å². The molecule has 0 aliphatic carbocycles. The van der Waals surface area contributed by atoms with Gasteiger partial charge in [-0.25, -0.2) is 9.97 Å². The third kappa shape index (κ3) is 4.42. The summed E-state index contributed by atoms with van der Waals surface area (Å²) in [5.41, 5.74) is 0.979. The van der Waals surface area contributed by atoms with Gasteiger partial charge in [0.1, 0.15) is 11.4 Å². The molecule has 1 N–H and O–H groups in total. The van der Waals surface area contributed by atoms with Gasteiger partial charge in [0.05, 0.1) is 5.69 Å². The van der Waals surface area contributed by atoms with E-state index in [0.717, 1.165) is 36.6 Å². The second-order valence-corrected chi connectivity index (χ2v) is 7.38. The summed E-state index contributed by atoms with van der Waals surface area (Å²) in [5.74, 6) is 1.56. The van der Waals surface area contributed by atoms with Gasteiger partial charge in [0.15, 0.2) is 5.82 Å². The first-order valence-electron chi connectivity index (χ1n) is 9.27. The molecule has 1 aliphatic heterocycles. The highest BCUT2D eigenvalue weighted by atomic mass is 16.5. The maximum Gasteiger partial charge on any atom is 0.254 e. The number of nitrogens with one attached hydrogen (secondary N) is 1. The van der Waals surface area contributed by atoms with Crippen LogP contribution in [-0.4, -0.2) is 51.6 Å². The molecule has 1 atom stereocenters. The maximum absolute atomic E-state index is 12.8. The highest BCUT2D eigenvalue weighted by molar-refractivity contribution is 5.84. The van der Waals surface area contributed by atoms with Crippen LogP contribution in [0, 0.1) is 6.92 Å². The van der Waals surface area contributed by atoms with Gasteiger partial charge >= 0.3 is 0 Å². The summed E-state index contributed by atoms with van der Waals surface area (Å²) < 4.78 is 5.37. The van der Waals surface area contributed by atoms with Crippen LogP contribution >= 0.6 is 0 Å². The van der Waals surface area contributed by atoms with Crippen LogP contribution in [0.4, 0.5) is 11.6 Å². The second kappa shape index (κ2) is 8.00. The lowest BCUT2D eigenvalue weighted by atomic mass is 9.93. The van der Waals surface area contributed by atoms with E-state index in [9.17, 15) is 4.79 Å². The lowest BCUT2D eigenvalue weighted by molar-refractivity contribution is -0.152. The van der Waals surface area contributed by atoms with Gasteiger partial charge < -0.3 is 15.0 Å². The molecule has 1 saturated heterocycles. The van der Waals surface area contributed by atoms with Crippen molar-refractivity contribution in [2.75, 3.05) is 25.5 Å². The molecule has 0 bridgehead atoms. The molecule has 1 amide bonds. The number of aromatic nitrogens is 3. The first-order valence-corrected chi connectivity index (χ1v) is 9.27. The lowest BCUT2D eigenvalue weighted by Crippen LogP contribution is -2.49. The van der Waals surface area contributed by atoms with Crippen LogP contribution in [0.1, 0.15) is 44.0 Å². The van der Waals surface area contributed by atoms with E-state index in [4.69, 9.17) is 4.74 Å². The average Bonchev–Trinajstić information content (AvgIpc) is 2.68. The zero-order chi connectivity index (χ0) is 19.4. The predicted molar refractivity (Wildman–Crippen MR) is 104 cm³/mol. The van der Waals surface area contributed by atoms with E-state index in [1.54, 1.807) is 33.4 Å². The Morgan fingerprint density at radius 3 is 2.81 bits per heavy atom. The van der Waals surface area contributed by atoms with E-state index in [-0.39, 0.29) is 11.8 Å². The maximum atomic E-state index is 12.8. The number of hydrogen-bond donors (Lipinski definition) is 1. The van der Waals surface area contributed by atoms with Crippen molar-refractivity contribution in [1.82, 2.24) is 19.9 Å². The lowest BCUT2D eigenvalue weighted by Gasteiger charge is -2.37. The number of anilines is 2. The summed E-state index contributed by atoms with van der Waals surface area (Å²) in [6.07, 6.45) is 5.26. The normalized spacial score (nSPS) is 17.6. The number of carbonyl (C=O) groups is 1. The van der Waals surface area contributed by atoms with E-state index < -0.39 is 5.60 Å². The van der Waals surface area contributed by atoms with Gasteiger partial charge in [0.2, 0.25) is 0 Å². The molecule has 0 aromatic carbocycles. The first kappa shape index (κ1) is 19.2.